The Kier molecular flexibility index (Phi) is 2.88. The number of hydrogen-bond donors (Lipinski definition) is 1. The molecule has 1 aliphatic rings. The summed E-state index contributed by atoms with van der Waals surface area (Å²) in [5, 5.41) is 3.36. The molecule has 1 heterocycles. The highest BCUT2D eigenvalue weighted by atomic mass is 14.9. The topological polar surface area (TPSA) is 12.0 Å². The van der Waals surface area contributed by atoms with E-state index in [1.165, 1.54) is 11.1 Å². The van der Waals surface area contributed by atoms with Crippen molar-refractivity contribution in [1.29, 1.82) is 0 Å². The van der Waals surface area contributed by atoms with Gasteiger partial charge in [0.05, 0.1) is 0 Å². The largest absolute Gasteiger partial charge is 0.310 e. The monoisotopic (exact) mass is 163 g/mol. The molecule has 1 saturated heterocycles. The van der Waals surface area contributed by atoms with Crippen molar-refractivity contribution in [2.75, 3.05) is 6.54 Å². The molecule has 1 atom stereocenters. The fourth-order valence-corrected chi connectivity index (χ4v) is 1.42. The Morgan fingerprint density at radius 3 is 2.92 bits per heavy atom. The van der Waals surface area contributed by atoms with E-state index < -0.39 is 0 Å². The summed E-state index contributed by atoms with van der Waals surface area (Å²) in [7, 11) is 0. The Morgan fingerprint density at radius 2 is 2.33 bits per heavy atom. The Morgan fingerprint density at radius 1 is 1.67 bits per heavy atom. The lowest BCUT2D eigenvalue weighted by atomic mass is 9.94. The van der Waals surface area contributed by atoms with Crippen LogP contribution in [0.2, 0.25) is 0 Å². The van der Waals surface area contributed by atoms with Gasteiger partial charge in [0.25, 0.3) is 0 Å². The fraction of sp³-hybridized carbons (Fsp3) is 0.455. The number of nitrogens with one attached hydrogen (secondary N) is 1. The van der Waals surface area contributed by atoms with Crippen molar-refractivity contribution < 1.29 is 0 Å². The molecule has 66 valence electrons. The zero-order chi connectivity index (χ0) is 9.14. The normalized spacial score (nSPS) is 27.7. The third-order valence-electron chi connectivity index (χ3n) is 2.06. The number of allylic oxidation sites excluding steroid dienone is 2. The average Bonchev–Trinajstić information content (AvgIpc) is 1.96. The summed E-state index contributed by atoms with van der Waals surface area (Å²) in [5.74, 6) is 0. The summed E-state index contributed by atoms with van der Waals surface area (Å²) in [6, 6.07) is 0.570. The lowest BCUT2D eigenvalue weighted by Gasteiger charge is -2.24. The molecule has 0 saturated carbocycles. The molecule has 0 aliphatic carbocycles. The van der Waals surface area contributed by atoms with E-state index in [0.717, 1.165) is 18.5 Å². The molecule has 0 aromatic carbocycles. The van der Waals surface area contributed by atoms with Crippen LogP contribution in [0.1, 0.15) is 20.3 Å². The van der Waals surface area contributed by atoms with E-state index in [1.54, 1.807) is 0 Å². The summed E-state index contributed by atoms with van der Waals surface area (Å²) in [5.41, 5.74) is 3.67. The molecule has 1 heteroatoms. The van der Waals surface area contributed by atoms with E-state index in [-0.39, 0.29) is 0 Å². The van der Waals surface area contributed by atoms with E-state index in [4.69, 9.17) is 0 Å². The summed E-state index contributed by atoms with van der Waals surface area (Å²) in [4.78, 5) is 0. The number of hydrogen-bond acceptors (Lipinski definition) is 1. The lowest BCUT2D eigenvalue weighted by molar-refractivity contribution is 0.541. The van der Waals surface area contributed by atoms with Crippen LogP contribution in [0, 0.1) is 0 Å². The minimum absolute atomic E-state index is 0.570. The van der Waals surface area contributed by atoms with Crippen LogP contribution in [-0.4, -0.2) is 12.6 Å². The highest BCUT2D eigenvalue weighted by Crippen LogP contribution is 2.20. The first-order valence-electron chi connectivity index (χ1n) is 4.37. The predicted octanol–water partition coefficient (Wildman–Crippen LogP) is 2.43. The third kappa shape index (κ3) is 2.35. The van der Waals surface area contributed by atoms with Crippen molar-refractivity contribution in [2.24, 2.45) is 0 Å². The van der Waals surface area contributed by atoms with Gasteiger partial charge < -0.3 is 5.32 Å². The first kappa shape index (κ1) is 9.27. The molecule has 0 aromatic rings. The second-order valence-corrected chi connectivity index (χ2v) is 3.61. The van der Waals surface area contributed by atoms with Gasteiger partial charge >= 0.3 is 0 Å². The molecule has 0 spiro atoms. The molecule has 1 unspecified atom stereocenters. The maximum atomic E-state index is 4.01. The molecule has 1 fully saturated rings. The SMILES string of the molecule is C=C(C)/C=C1/CC(C)NCC1=C. The van der Waals surface area contributed by atoms with Gasteiger partial charge in [0.2, 0.25) is 0 Å². The van der Waals surface area contributed by atoms with Crippen molar-refractivity contribution in [3.8, 4) is 0 Å². The second kappa shape index (κ2) is 3.72. The zero-order valence-electron chi connectivity index (χ0n) is 7.98. The van der Waals surface area contributed by atoms with Gasteiger partial charge in [-0.05, 0) is 31.4 Å². The minimum Gasteiger partial charge on any atom is -0.310 e. The van der Waals surface area contributed by atoms with Gasteiger partial charge in [-0.15, -0.1) is 0 Å². The summed E-state index contributed by atoms with van der Waals surface area (Å²) in [6.45, 7) is 13.0. The van der Waals surface area contributed by atoms with Crippen LogP contribution in [0.5, 0.6) is 0 Å². The van der Waals surface area contributed by atoms with E-state index in [2.05, 4.69) is 31.5 Å². The van der Waals surface area contributed by atoms with Crippen LogP contribution in [0.25, 0.3) is 0 Å². The Labute approximate surface area is 74.9 Å². The average molecular weight is 163 g/mol. The first-order chi connectivity index (χ1) is 5.59. The first-order valence-corrected chi connectivity index (χ1v) is 4.37. The van der Waals surface area contributed by atoms with Gasteiger partial charge in [0, 0.05) is 12.6 Å². The molecule has 12 heavy (non-hydrogen) atoms. The summed E-state index contributed by atoms with van der Waals surface area (Å²) in [6.07, 6.45) is 3.21. The molecule has 0 bridgehead atoms. The Balaban J connectivity index is 2.73. The molecule has 1 rings (SSSR count). The van der Waals surface area contributed by atoms with Gasteiger partial charge in [-0.25, -0.2) is 0 Å². The number of rotatable bonds is 1. The Bertz CT molecular complexity index is 235. The van der Waals surface area contributed by atoms with Crippen LogP contribution < -0.4 is 5.32 Å². The highest BCUT2D eigenvalue weighted by molar-refractivity contribution is 5.37. The quantitative estimate of drug-likeness (QED) is 0.626. The van der Waals surface area contributed by atoms with E-state index >= 15 is 0 Å². The van der Waals surface area contributed by atoms with Crippen LogP contribution in [0.15, 0.2) is 36.0 Å². The smallest absolute Gasteiger partial charge is 0.0204 e. The van der Waals surface area contributed by atoms with Crippen LogP contribution in [-0.2, 0) is 0 Å². The van der Waals surface area contributed by atoms with Crippen molar-refractivity contribution in [3.63, 3.8) is 0 Å². The summed E-state index contributed by atoms with van der Waals surface area (Å²) >= 11 is 0. The zero-order valence-corrected chi connectivity index (χ0v) is 7.98. The molecule has 1 aliphatic heterocycles. The molecule has 0 amide bonds. The minimum atomic E-state index is 0.570. The van der Waals surface area contributed by atoms with Gasteiger partial charge in [0.15, 0.2) is 0 Å². The van der Waals surface area contributed by atoms with Crippen molar-refractivity contribution in [3.05, 3.63) is 36.0 Å². The van der Waals surface area contributed by atoms with Gasteiger partial charge in [-0.1, -0.05) is 24.8 Å². The second-order valence-electron chi connectivity index (χ2n) is 3.61. The lowest BCUT2D eigenvalue weighted by Crippen LogP contribution is -2.33. The molecule has 0 aromatic heterocycles. The predicted molar refractivity (Wildman–Crippen MR) is 54.1 cm³/mol. The number of piperidine rings is 1. The fourth-order valence-electron chi connectivity index (χ4n) is 1.42. The van der Waals surface area contributed by atoms with Gasteiger partial charge in [-0.3, -0.25) is 0 Å². The van der Waals surface area contributed by atoms with Crippen LogP contribution in [0.4, 0.5) is 0 Å². The van der Waals surface area contributed by atoms with Crippen molar-refractivity contribution in [1.82, 2.24) is 5.32 Å². The standard InChI is InChI=1S/C11H17N/c1-8(2)5-11-6-10(4)12-7-9(11)3/h5,10,12H,1,3,6-7H2,2,4H3/b11-5-. The molecule has 1 nitrogen and oxygen atoms in total. The van der Waals surface area contributed by atoms with Crippen molar-refractivity contribution in [2.45, 2.75) is 26.3 Å². The van der Waals surface area contributed by atoms with Gasteiger partial charge in [0.1, 0.15) is 0 Å². The maximum Gasteiger partial charge on any atom is 0.0204 e. The van der Waals surface area contributed by atoms with E-state index in [1.807, 2.05) is 6.92 Å². The molecule has 0 radical (unpaired) electrons. The summed E-state index contributed by atoms with van der Waals surface area (Å²) < 4.78 is 0. The molecule has 1 N–H and O–H groups in total. The molecular formula is C11H17N. The van der Waals surface area contributed by atoms with Gasteiger partial charge in [-0.2, -0.15) is 0 Å². The van der Waals surface area contributed by atoms with E-state index in [9.17, 15) is 0 Å². The maximum absolute atomic E-state index is 4.01. The van der Waals surface area contributed by atoms with Crippen LogP contribution in [0.3, 0.4) is 0 Å². The van der Waals surface area contributed by atoms with Crippen LogP contribution >= 0.6 is 0 Å². The van der Waals surface area contributed by atoms with E-state index in [0.29, 0.717) is 6.04 Å². The third-order valence-corrected chi connectivity index (χ3v) is 2.06. The highest BCUT2D eigenvalue weighted by Gasteiger charge is 2.14. The molecular weight excluding hydrogens is 146 g/mol. The van der Waals surface area contributed by atoms with Crippen molar-refractivity contribution >= 4 is 0 Å². The Hall–Kier alpha value is -0.820.